The Kier molecular flexibility index (Phi) is 6.66. The minimum absolute atomic E-state index is 0.260. The lowest BCUT2D eigenvalue weighted by Crippen LogP contribution is -2.44. The van der Waals surface area contributed by atoms with Crippen molar-refractivity contribution in [2.24, 2.45) is 0 Å². The molecule has 2 aromatic carbocycles. The van der Waals surface area contributed by atoms with Crippen LogP contribution in [0.1, 0.15) is 41.9 Å². The zero-order valence-electron chi connectivity index (χ0n) is 18.8. The first kappa shape index (κ1) is 23.5. The summed E-state index contributed by atoms with van der Waals surface area (Å²) < 4.78 is 25.7. The molecule has 4 rings (SSSR count). The fraction of sp³-hybridized carbons (Fsp3) is 0.269. The number of nitriles is 1. The molecule has 1 aliphatic heterocycles. The molecule has 0 saturated heterocycles. The summed E-state index contributed by atoms with van der Waals surface area (Å²) >= 11 is 0. The molecule has 7 nitrogen and oxygen atoms in total. The molecule has 34 heavy (non-hydrogen) atoms. The van der Waals surface area contributed by atoms with Gasteiger partial charge >= 0.3 is 0 Å². The molecule has 174 valence electrons. The van der Waals surface area contributed by atoms with Crippen molar-refractivity contribution in [1.82, 2.24) is 4.90 Å². The molecule has 0 fully saturated rings. The Labute approximate surface area is 199 Å². The maximum absolute atomic E-state index is 13.7. The average Bonchev–Trinajstić information content (AvgIpc) is 3.05. The number of rotatable bonds is 6. The van der Waals surface area contributed by atoms with Crippen molar-refractivity contribution >= 4 is 27.4 Å². The zero-order valence-corrected chi connectivity index (χ0v) is 19.6. The predicted octanol–water partition coefficient (Wildman–Crippen LogP) is 3.66. The Bertz CT molecular complexity index is 1330. The standard InChI is InChI=1S/C26H25N3O4S/c1-34(32,33)28-21-7-5-6-20(16-21)24-25(30)22-8-3-2-4-9-23(22)29(26(24)31)15-14-18-10-12-19(17-27)13-11-18/h3,5-8,10-13,16,24,28H,2,4,9,14-15H2,1H3. The number of nitrogens with one attached hydrogen (secondary N) is 1. The van der Waals surface area contributed by atoms with Crippen molar-refractivity contribution in [2.75, 3.05) is 17.5 Å². The van der Waals surface area contributed by atoms with E-state index in [9.17, 15) is 18.0 Å². The molecule has 2 aliphatic rings. The third-order valence-corrected chi connectivity index (χ3v) is 6.58. The van der Waals surface area contributed by atoms with E-state index in [1.54, 1.807) is 41.3 Å². The van der Waals surface area contributed by atoms with Crippen molar-refractivity contribution in [1.29, 1.82) is 5.26 Å². The van der Waals surface area contributed by atoms with Gasteiger partial charge in [-0.3, -0.25) is 14.3 Å². The van der Waals surface area contributed by atoms with Gasteiger partial charge in [0, 0.05) is 23.5 Å². The average molecular weight is 476 g/mol. The number of amides is 1. The minimum Gasteiger partial charge on any atom is -0.314 e. The van der Waals surface area contributed by atoms with Gasteiger partial charge in [-0.15, -0.1) is 0 Å². The van der Waals surface area contributed by atoms with E-state index in [2.05, 4.69) is 10.8 Å². The summed E-state index contributed by atoms with van der Waals surface area (Å²) in [5.74, 6) is -1.60. The van der Waals surface area contributed by atoms with Crippen molar-refractivity contribution in [3.05, 3.63) is 88.6 Å². The van der Waals surface area contributed by atoms with Crippen LogP contribution < -0.4 is 4.72 Å². The molecule has 0 radical (unpaired) electrons. The molecule has 1 aliphatic carbocycles. The van der Waals surface area contributed by atoms with Crippen molar-refractivity contribution in [2.45, 2.75) is 31.6 Å². The van der Waals surface area contributed by atoms with E-state index in [0.717, 1.165) is 30.4 Å². The highest BCUT2D eigenvalue weighted by Gasteiger charge is 2.41. The highest BCUT2D eigenvalue weighted by molar-refractivity contribution is 7.92. The second-order valence-electron chi connectivity index (χ2n) is 8.50. The molecule has 1 amide bonds. The van der Waals surface area contributed by atoms with Crippen LogP contribution in [0.25, 0.3) is 0 Å². The number of hydrogen-bond donors (Lipinski definition) is 1. The van der Waals surface area contributed by atoms with Gasteiger partial charge in [0.05, 0.1) is 17.9 Å². The van der Waals surface area contributed by atoms with Gasteiger partial charge in [0.2, 0.25) is 15.9 Å². The van der Waals surface area contributed by atoms with Gasteiger partial charge < -0.3 is 4.90 Å². The number of carbonyl (C=O) groups is 2. The normalized spacial score (nSPS) is 18.4. The summed E-state index contributed by atoms with van der Waals surface area (Å²) in [6, 6.07) is 15.8. The fourth-order valence-corrected chi connectivity index (χ4v) is 4.96. The molecule has 0 bridgehead atoms. The van der Waals surface area contributed by atoms with E-state index in [1.165, 1.54) is 0 Å². The topological polar surface area (TPSA) is 107 Å². The smallest absolute Gasteiger partial charge is 0.242 e. The molecule has 1 N–H and O–H groups in total. The molecule has 1 unspecified atom stereocenters. The number of Topliss-reactive ketones (excluding diaryl/α,β-unsaturated/α-hetero) is 1. The quantitative estimate of drug-likeness (QED) is 0.642. The van der Waals surface area contributed by atoms with Gasteiger partial charge in [0.25, 0.3) is 0 Å². The summed E-state index contributed by atoms with van der Waals surface area (Å²) in [5, 5.41) is 9.01. The van der Waals surface area contributed by atoms with Crippen LogP contribution in [0.15, 0.2) is 72.0 Å². The van der Waals surface area contributed by atoms with E-state index < -0.39 is 15.9 Å². The zero-order chi connectivity index (χ0) is 24.3. The summed E-state index contributed by atoms with van der Waals surface area (Å²) in [5.41, 5.74) is 3.62. The second kappa shape index (κ2) is 9.65. The summed E-state index contributed by atoms with van der Waals surface area (Å²) in [6.45, 7) is 0.405. The summed E-state index contributed by atoms with van der Waals surface area (Å²) in [6.07, 6.45) is 7.72. The number of allylic oxidation sites excluding steroid dienone is 4. The van der Waals surface area contributed by atoms with Crippen molar-refractivity contribution in [3.63, 3.8) is 0 Å². The van der Waals surface area contributed by atoms with Gasteiger partial charge in [0.15, 0.2) is 5.78 Å². The number of anilines is 1. The molecule has 2 aromatic rings. The Morgan fingerprint density at radius 1 is 1.15 bits per heavy atom. The Morgan fingerprint density at radius 3 is 2.62 bits per heavy atom. The molecule has 0 spiro atoms. The first-order valence-corrected chi connectivity index (χ1v) is 13.0. The van der Waals surface area contributed by atoms with Crippen molar-refractivity contribution in [3.8, 4) is 6.07 Å². The van der Waals surface area contributed by atoms with E-state index in [-0.39, 0.29) is 11.7 Å². The van der Waals surface area contributed by atoms with Gasteiger partial charge in [-0.05, 0) is 61.1 Å². The van der Waals surface area contributed by atoms with Crippen LogP contribution >= 0.6 is 0 Å². The number of carbonyl (C=O) groups excluding carboxylic acids is 2. The van der Waals surface area contributed by atoms with Crippen LogP contribution in [0, 0.1) is 11.3 Å². The van der Waals surface area contributed by atoms with Gasteiger partial charge in [-0.25, -0.2) is 8.42 Å². The van der Waals surface area contributed by atoms with Gasteiger partial charge in [-0.1, -0.05) is 36.4 Å². The van der Waals surface area contributed by atoms with Crippen LogP contribution in [-0.4, -0.2) is 37.8 Å². The van der Waals surface area contributed by atoms with Gasteiger partial charge in [0.1, 0.15) is 5.92 Å². The van der Waals surface area contributed by atoms with E-state index in [0.29, 0.717) is 41.8 Å². The molecular formula is C26H25N3O4S. The Hall–Kier alpha value is -3.70. The highest BCUT2D eigenvalue weighted by Crippen LogP contribution is 2.36. The molecule has 1 heterocycles. The third kappa shape index (κ3) is 5.10. The lowest BCUT2D eigenvalue weighted by atomic mass is 9.84. The minimum atomic E-state index is -3.50. The number of hydrogen-bond acceptors (Lipinski definition) is 5. The Morgan fingerprint density at radius 2 is 1.91 bits per heavy atom. The lowest BCUT2D eigenvalue weighted by molar-refractivity contribution is -0.136. The first-order valence-electron chi connectivity index (χ1n) is 11.1. The number of ketones is 1. The molecule has 1 atom stereocenters. The van der Waals surface area contributed by atoms with Crippen LogP contribution in [-0.2, 0) is 26.0 Å². The van der Waals surface area contributed by atoms with E-state index >= 15 is 0 Å². The van der Waals surface area contributed by atoms with Crippen LogP contribution in [0.3, 0.4) is 0 Å². The Balaban J connectivity index is 1.68. The third-order valence-electron chi connectivity index (χ3n) is 5.98. The van der Waals surface area contributed by atoms with E-state index in [1.807, 2.05) is 24.3 Å². The monoisotopic (exact) mass is 475 g/mol. The lowest BCUT2D eigenvalue weighted by Gasteiger charge is -2.35. The summed E-state index contributed by atoms with van der Waals surface area (Å²) in [7, 11) is -3.50. The number of benzene rings is 2. The number of nitrogens with zero attached hydrogens (tertiary/aromatic N) is 2. The molecule has 8 heteroatoms. The molecule has 0 aromatic heterocycles. The van der Waals surface area contributed by atoms with E-state index in [4.69, 9.17) is 5.26 Å². The van der Waals surface area contributed by atoms with Crippen molar-refractivity contribution < 1.29 is 18.0 Å². The molecule has 0 saturated carbocycles. The largest absolute Gasteiger partial charge is 0.314 e. The fourth-order valence-electron chi connectivity index (χ4n) is 4.40. The number of sulfonamides is 1. The van der Waals surface area contributed by atoms with Crippen LogP contribution in [0.4, 0.5) is 5.69 Å². The highest BCUT2D eigenvalue weighted by atomic mass is 32.2. The SMILES string of the molecule is CS(=O)(=O)Nc1cccc(C2C(=O)C3=C(CCCC=C3)N(CCc3ccc(C#N)cc3)C2=O)c1. The maximum Gasteiger partial charge on any atom is 0.242 e. The second-order valence-corrected chi connectivity index (χ2v) is 10.2. The predicted molar refractivity (Wildman–Crippen MR) is 129 cm³/mol. The van der Waals surface area contributed by atoms with Gasteiger partial charge in [-0.2, -0.15) is 5.26 Å². The van der Waals surface area contributed by atoms with Crippen LogP contribution in [0.5, 0.6) is 0 Å². The summed E-state index contributed by atoms with van der Waals surface area (Å²) in [4.78, 5) is 28.9. The first-order chi connectivity index (χ1) is 16.3. The maximum atomic E-state index is 13.7. The van der Waals surface area contributed by atoms with Crippen LogP contribution in [0.2, 0.25) is 0 Å². The molecular weight excluding hydrogens is 450 g/mol.